The minimum absolute atomic E-state index is 0.718. The van der Waals surface area contributed by atoms with Gasteiger partial charge in [-0.15, -0.1) is 0 Å². The van der Waals surface area contributed by atoms with Crippen LogP contribution < -0.4 is 4.74 Å². The molecule has 0 fully saturated rings. The molecule has 0 aliphatic carbocycles. The van der Waals surface area contributed by atoms with Crippen molar-refractivity contribution >= 4 is 39.6 Å². The highest BCUT2D eigenvalue weighted by Crippen LogP contribution is 2.24. The Morgan fingerprint density at radius 1 is 1.12 bits per heavy atom. The molecule has 0 aliphatic heterocycles. The zero-order valence-electron chi connectivity index (χ0n) is 9.74. The Balaban J connectivity index is 2.38. The molecule has 0 saturated heterocycles. The monoisotopic (exact) mass is 340 g/mol. The topological polar surface area (TPSA) is 26.3 Å². The van der Waals surface area contributed by atoms with Crippen LogP contribution >= 0.6 is 22.6 Å². The molecule has 3 heteroatoms. The second-order valence-corrected chi connectivity index (χ2v) is 5.72. The molecule has 0 atom stereocenters. The van der Waals surface area contributed by atoms with Crippen LogP contribution in [-0.2, 0) is 4.79 Å². The fourth-order valence-electron chi connectivity index (χ4n) is 1.59. The number of carbonyl (C=O) groups excluding carboxylic acids is 1. The zero-order valence-corrected chi connectivity index (χ0v) is 11.9. The van der Waals surface area contributed by atoms with Gasteiger partial charge in [0.2, 0.25) is 0 Å². The van der Waals surface area contributed by atoms with Gasteiger partial charge in [0.25, 0.3) is 0 Å². The van der Waals surface area contributed by atoms with E-state index in [1.165, 1.54) is 8.96 Å². The van der Waals surface area contributed by atoms with Gasteiger partial charge < -0.3 is 4.74 Å². The van der Waals surface area contributed by atoms with Crippen LogP contribution in [0.1, 0.15) is 13.8 Å². The molecule has 0 aromatic heterocycles. The van der Waals surface area contributed by atoms with E-state index in [0.717, 1.165) is 17.4 Å². The summed E-state index contributed by atoms with van der Waals surface area (Å²) in [5, 5.41) is 2.29. The Labute approximate surface area is 114 Å². The molecule has 0 aliphatic rings. The summed E-state index contributed by atoms with van der Waals surface area (Å²) >= 11 is 2.29. The minimum Gasteiger partial charge on any atom is -0.480 e. The van der Waals surface area contributed by atoms with Gasteiger partial charge in [0.1, 0.15) is 5.75 Å². The third kappa shape index (κ3) is 2.97. The van der Waals surface area contributed by atoms with Crippen LogP contribution in [0.4, 0.5) is 0 Å². The molecule has 0 spiro atoms. The fraction of sp³-hybridized carbons (Fsp3) is 0.214. The van der Waals surface area contributed by atoms with Gasteiger partial charge in [0.15, 0.2) is 11.9 Å². The molecule has 0 N–H and O–H groups in total. The molecule has 2 nitrogen and oxygen atoms in total. The number of benzene rings is 2. The SMILES string of the molecule is CC(C)(C=O)Oc1ccc2cc(I)ccc2c1. The van der Waals surface area contributed by atoms with Crippen molar-refractivity contribution < 1.29 is 9.53 Å². The maximum atomic E-state index is 10.8. The van der Waals surface area contributed by atoms with E-state index in [9.17, 15) is 4.79 Å². The van der Waals surface area contributed by atoms with Gasteiger partial charge in [-0.1, -0.05) is 12.1 Å². The standard InChI is InChI=1S/C14H13IO2/c1-14(2,9-16)17-13-6-4-10-7-12(15)5-3-11(10)8-13/h3-9H,1-2H3. The quantitative estimate of drug-likeness (QED) is 0.628. The Bertz CT molecular complexity index is 561. The summed E-state index contributed by atoms with van der Waals surface area (Å²) in [6.07, 6.45) is 0.811. The van der Waals surface area contributed by atoms with Crippen molar-refractivity contribution in [2.45, 2.75) is 19.4 Å². The van der Waals surface area contributed by atoms with Crippen molar-refractivity contribution in [3.05, 3.63) is 40.0 Å². The molecule has 0 saturated carbocycles. The second-order valence-electron chi connectivity index (χ2n) is 4.48. The highest BCUT2D eigenvalue weighted by atomic mass is 127. The van der Waals surface area contributed by atoms with Gasteiger partial charge in [-0.3, -0.25) is 4.79 Å². The lowest BCUT2D eigenvalue weighted by molar-refractivity contribution is -0.118. The van der Waals surface area contributed by atoms with Crippen LogP contribution in [-0.4, -0.2) is 11.9 Å². The molecule has 2 rings (SSSR count). The second kappa shape index (κ2) is 4.64. The first-order valence-electron chi connectivity index (χ1n) is 5.35. The van der Waals surface area contributed by atoms with Gasteiger partial charge in [0, 0.05) is 3.57 Å². The van der Waals surface area contributed by atoms with E-state index in [1.807, 2.05) is 18.2 Å². The lowest BCUT2D eigenvalue weighted by Gasteiger charge is -2.19. The van der Waals surface area contributed by atoms with E-state index >= 15 is 0 Å². The molecule has 17 heavy (non-hydrogen) atoms. The average molecular weight is 340 g/mol. The highest BCUT2D eigenvalue weighted by Gasteiger charge is 2.18. The molecule has 0 amide bonds. The molecule has 0 heterocycles. The van der Waals surface area contributed by atoms with E-state index in [0.29, 0.717) is 0 Å². The summed E-state index contributed by atoms with van der Waals surface area (Å²) in [7, 11) is 0. The molecule has 0 radical (unpaired) electrons. The van der Waals surface area contributed by atoms with Crippen molar-refractivity contribution in [1.82, 2.24) is 0 Å². The minimum atomic E-state index is -0.781. The average Bonchev–Trinajstić information content (AvgIpc) is 2.29. The van der Waals surface area contributed by atoms with E-state index in [2.05, 4.69) is 40.8 Å². The molecular formula is C14H13IO2. The van der Waals surface area contributed by atoms with E-state index in [-0.39, 0.29) is 0 Å². The smallest absolute Gasteiger partial charge is 0.162 e. The maximum Gasteiger partial charge on any atom is 0.162 e. The summed E-state index contributed by atoms with van der Waals surface area (Å²) in [4.78, 5) is 10.8. The number of rotatable bonds is 3. The number of halogens is 1. The normalized spacial score (nSPS) is 11.5. The van der Waals surface area contributed by atoms with Crippen LogP contribution in [0.25, 0.3) is 10.8 Å². The van der Waals surface area contributed by atoms with Crippen molar-refractivity contribution in [2.24, 2.45) is 0 Å². The van der Waals surface area contributed by atoms with Crippen LogP contribution in [0, 0.1) is 3.57 Å². The van der Waals surface area contributed by atoms with E-state index in [4.69, 9.17) is 4.74 Å². The Morgan fingerprint density at radius 2 is 1.76 bits per heavy atom. The van der Waals surface area contributed by atoms with Crippen LogP contribution in [0.3, 0.4) is 0 Å². The first-order valence-corrected chi connectivity index (χ1v) is 6.43. The predicted molar refractivity (Wildman–Crippen MR) is 77.4 cm³/mol. The fourth-order valence-corrected chi connectivity index (χ4v) is 2.10. The zero-order chi connectivity index (χ0) is 12.5. The predicted octanol–water partition coefficient (Wildman–Crippen LogP) is 3.80. The summed E-state index contributed by atoms with van der Waals surface area (Å²) in [5.41, 5.74) is -0.781. The summed E-state index contributed by atoms with van der Waals surface area (Å²) in [6.45, 7) is 3.50. The first kappa shape index (κ1) is 12.4. The van der Waals surface area contributed by atoms with Gasteiger partial charge in [-0.2, -0.15) is 0 Å². The first-order chi connectivity index (χ1) is 8.00. The molecule has 88 valence electrons. The third-order valence-electron chi connectivity index (χ3n) is 2.44. The molecule has 0 bridgehead atoms. The van der Waals surface area contributed by atoms with Gasteiger partial charge in [-0.05, 0) is 71.5 Å². The third-order valence-corrected chi connectivity index (χ3v) is 3.11. The van der Waals surface area contributed by atoms with Crippen LogP contribution in [0.2, 0.25) is 0 Å². The highest BCUT2D eigenvalue weighted by molar-refractivity contribution is 14.1. The summed E-state index contributed by atoms with van der Waals surface area (Å²) < 4.78 is 6.82. The molecule has 2 aromatic rings. The summed E-state index contributed by atoms with van der Waals surface area (Å²) in [5.74, 6) is 0.718. The maximum absolute atomic E-state index is 10.8. The van der Waals surface area contributed by atoms with Crippen LogP contribution in [0.5, 0.6) is 5.75 Å². The largest absolute Gasteiger partial charge is 0.480 e. The molecule has 2 aromatic carbocycles. The number of hydrogen-bond donors (Lipinski definition) is 0. The number of carbonyl (C=O) groups is 1. The van der Waals surface area contributed by atoms with Crippen molar-refractivity contribution in [2.75, 3.05) is 0 Å². The van der Waals surface area contributed by atoms with Gasteiger partial charge in [-0.25, -0.2) is 0 Å². The number of fused-ring (bicyclic) bond motifs is 1. The Kier molecular flexibility index (Phi) is 3.38. The Hall–Kier alpha value is -1.10. The van der Waals surface area contributed by atoms with Crippen LogP contribution in [0.15, 0.2) is 36.4 Å². The number of aldehydes is 1. The van der Waals surface area contributed by atoms with Crippen molar-refractivity contribution in [3.8, 4) is 5.75 Å². The van der Waals surface area contributed by atoms with Crippen molar-refractivity contribution in [1.29, 1.82) is 0 Å². The van der Waals surface area contributed by atoms with E-state index in [1.54, 1.807) is 13.8 Å². The summed E-state index contributed by atoms with van der Waals surface area (Å²) in [6, 6.07) is 12.1. The molecular weight excluding hydrogens is 327 g/mol. The lowest BCUT2D eigenvalue weighted by Crippen LogP contribution is -2.29. The lowest BCUT2D eigenvalue weighted by atomic mass is 10.1. The molecule has 0 unspecified atom stereocenters. The Morgan fingerprint density at radius 3 is 2.47 bits per heavy atom. The van der Waals surface area contributed by atoms with Crippen molar-refractivity contribution in [3.63, 3.8) is 0 Å². The number of ether oxygens (including phenoxy) is 1. The number of hydrogen-bond acceptors (Lipinski definition) is 2. The van der Waals surface area contributed by atoms with Gasteiger partial charge >= 0.3 is 0 Å². The van der Waals surface area contributed by atoms with Gasteiger partial charge in [0.05, 0.1) is 0 Å². The van der Waals surface area contributed by atoms with E-state index < -0.39 is 5.60 Å².